The number of ether oxygens (including phenoxy) is 1. The highest BCUT2D eigenvalue weighted by molar-refractivity contribution is 6.22. The Bertz CT molecular complexity index is 1780. The van der Waals surface area contributed by atoms with E-state index in [0.717, 1.165) is 50.7 Å². The minimum absolute atomic E-state index is 0.283. The number of carbonyl (C=O) groups excluding carboxylic acids is 2. The summed E-state index contributed by atoms with van der Waals surface area (Å²) < 4.78 is 6.40. The fourth-order valence-electron chi connectivity index (χ4n) is 6.63. The van der Waals surface area contributed by atoms with E-state index in [2.05, 4.69) is 41.3 Å². The first-order valence-corrected chi connectivity index (χ1v) is 12.9. The summed E-state index contributed by atoms with van der Waals surface area (Å²) in [5.74, 6) is 0.880. The van der Waals surface area contributed by atoms with Gasteiger partial charge in [-0.25, -0.2) is 0 Å². The normalized spacial score (nSPS) is 15.7. The van der Waals surface area contributed by atoms with Gasteiger partial charge in [-0.1, -0.05) is 84.9 Å². The fraction of sp³-hybridized carbons (Fsp3) is 0.0588. The Morgan fingerprint density at radius 3 is 1.64 bits per heavy atom. The molecule has 1 aliphatic carbocycles. The molecule has 0 fully saturated rings. The van der Waals surface area contributed by atoms with Crippen molar-refractivity contribution in [1.82, 2.24) is 4.90 Å². The van der Waals surface area contributed by atoms with Crippen molar-refractivity contribution in [2.45, 2.75) is 5.54 Å². The topological polar surface area (TPSA) is 49.9 Å². The number of hydrogen-bond acceptors (Lipinski definition) is 4. The molecule has 0 spiro atoms. The third-order valence-electron chi connectivity index (χ3n) is 8.20. The van der Waals surface area contributed by atoms with Gasteiger partial charge < -0.3 is 9.64 Å². The quantitative estimate of drug-likeness (QED) is 0.239. The molecule has 5 aromatic rings. The van der Waals surface area contributed by atoms with Gasteiger partial charge in [0.2, 0.25) is 0 Å². The Labute approximate surface area is 225 Å². The van der Waals surface area contributed by atoms with E-state index in [9.17, 15) is 9.59 Å². The Morgan fingerprint density at radius 2 is 1.03 bits per heavy atom. The van der Waals surface area contributed by atoms with Crippen molar-refractivity contribution in [3.05, 3.63) is 143 Å². The van der Waals surface area contributed by atoms with Gasteiger partial charge >= 0.3 is 0 Å². The maximum absolute atomic E-state index is 13.8. The van der Waals surface area contributed by atoms with Gasteiger partial charge in [0.1, 0.15) is 5.54 Å². The molecule has 0 atom stereocenters. The Kier molecular flexibility index (Phi) is 4.31. The molecule has 2 amide bonds. The van der Waals surface area contributed by atoms with E-state index in [1.54, 1.807) is 13.1 Å². The molecule has 2 aliphatic heterocycles. The van der Waals surface area contributed by atoms with Gasteiger partial charge in [-0.2, -0.15) is 0 Å². The smallest absolute Gasteiger partial charge is 0.261 e. The molecule has 186 valence electrons. The summed E-state index contributed by atoms with van der Waals surface area (Å²) in [7, 11) is 1.55. The molecule has 0 saturated heterocycles. The summed E-state index contributed by atoms with van der Waals surface area (Å²) in [6, 6.07) is 38.4. The van der Waals surface area contributed by atoms with E-state index in [0.29, 0.717) is 11.1 Å². The number of nitrogens with zero attached hydrogens (tertiary/aromatic N) is 2. The number of benzene rings is 5. The number of imide groups is 1. The summed E-state index contributed by atoms with van der Waals surface area (Å²) in [5.41, 5.74) is 6.71. The van der Waals surface area contributed by atoms with E-state index >= 15 is 0 Å². The van der Waals surface area contributed by atoms with E-state index in [-0.39, 0.29) is 11.8 Å². The molecule has 5 heteroatoms. The lowest BCUT2D eigenvalue weighted by Gasteiger charge is -2.48. The van der Waals surface area contributed by atoms with E-state index in [4.69, 9.17) is 4.74 Å². The third kappa shape index (κ3) is 2.64. The lowest BCUT2D eigenvalue weighted by molar-refractivity contribution is 0.0692. The van der Waals surface area contributed by atoms with Gasteiger partial charge in [0.15, 0.2) is 11.5 Å². The second-order valence-electron chi connectivity index (χ2n) is 10.1. The number of amides is 2. The van der Waals surface area contributed by atoms with Crippen LogP contribution in [-0.4, -0.2) is 23.8 Å². The third-order valence-corrected chi connectivity index (χ3v) is 8.20. The zero-order valence-electron chi connectivity index (χ0n) is 21.1. The maximum Gasteiger partial charge on any atom is 0.261 e. The van der Waals surface area contributed by atoms with Crippen molar-refractivity contribution < 1.29 is 14.3 Å². The average molecular weight is 507 g/mol. The van der Waals surface area contributed by atoms with Crippen LogP contribution in [0.25, 0.3) is 11.1 Å². The van der Waals surface area contributed by atoms with Crippen LogP contribution in [-0.2, 0) is 5.54 Å². The number of fused-ring (bicyclic) bond motifs is 6. The molecule has 0 unspecified atom stereocenters. The molecule has 0 bridgehead atoms. The number of para-hydroxylation sites is 4. The van der Waals surface area contributed by atoms with Crippen LogP contribution in [0.5, 0.6) is 11.5 Å². The standard InChI is InChI=1S/C34H22N2O3/c1-35-32(37)23-13-10-16-26(31(23)33(35)38)34(24-14-4-2-11-21(24)22-12-3-5-15-25(22)34)36-27-17-6-8-19-29(27)39-30-20-9-7-18-28(30)36/h2-20H,1H3. The zero-order chi connectivity index (χ0) is 26.3. The Balaban J connectivity index is 1.60. The Morgan fingerprint density at radius 1 is 0.538 bits per heavy atom. The molecule has 39 heavy (non-hydrogen) atoms. The molecular formula is C34H22N2O3. The SMILES string of the molecule is CN1C(=O)c2cccc(C3(N4c5ccccc5Oc5ccccc54)c4ccccc4-c4ccccc43)c2C1=O. The van der Waals surface area contributed by atoms with Crippen LogP contribution in [0.1, 0.15) is 37.4 Å². The van der Waals surface area contributed by atoms with Gasteiger partial charge in [-0.05, 0) is 52.6 Å². The molecule has 0 saturated carbocycles. The van der Waals surface area contributed by atoms with Crippen LogP contribution in [0.4, 0.5) is 11.4 Å². The number of hydrogen-bond donors (Lipinski definition) is 0. The van der Waals surface area contributed by atoms with Crippen molar-refractivity contribution >= 4 is 23.2 Å². The largest absolute Gasteiger partial charge is 0.453 e. The minimum atomic E-state index is -0.963. The molecule has 2 heterocycles. The molecule has 0 N–H and O–H groups in total. The van der Waals surface area contributed by atoms with Crippen molar-refractivity contribution in [3.8, 4) is 22.6 Å². The maximum atomic E-state index is 13.8. The van der Waals surface area contributed by atoms with E-state index in [1.807, 2.05) is 72.8 Å². The summed E-state index contributed by atoms with van der Waals surface area (Å²) in [6.45, 7) is 0. The van der Waals surface area contributed by atoms with Crippen molar-refractivity contribution in [1.29, 1.82) is 0 Å². The van der Waals surface area contributed by atoms with Crippen LogP contribution >= 0.6 is 0 Å². The second kappa shape index (κ2) is 7.68. The van der Waals surface area contributed by atoms with Crippen LogP contribution in [0.2, 0.25) is 0 Å². The second-order valence-corrected chi connectivity index (χ2v) is 10.1. The van der Waals surface area contributed by atoms with Gasteiger partial charge in [0, 0.05) is 12.6 Å². The highest BCUT2D eigenvalue weighted by Crippen LogP contribution is 2.62. The predicted molar refractivity (Wildman–Crippen MR) is 150 cm³/mol. The summed E-state index contributed by atoms with van der Waals surface area (Å²) in [6.07, 6.45) is 0. The monoisotopic (exact) mass is 506 g/mol. The highest BCUT2D eigenvalue weighted by Gasteiger charge is 2.54. The molecule has 3 aliphatic rings. The van der Waals surface area contributed by atoms with E-state index in [1.165, 1.54) is 4.90 Å². The van der Waals surface area contributed by atoms with Gasteiger partial charge in [-0.3, -0.25) is 14.5 Å². The van der Waals surface area contributed by atoms with Crippen molar-refractivity contribution in [2.75, 3.05) is 11.9 Å². The molecule has 0 aromatic heterocycles. The van der Waals surface area contributed by atoms with Crippen molar-refractivity contribution in [2.24, 2.45) is 0 Å². The van der Waals surface area contributed by atoms with Crippen LogP contribution in [0.15, 0.2) is 115 Å². The lowest BCUT2D eigenvalue weighted by atomic mass is 9.75. The molecule has 8 rings (SSSR count). The van der Waals surface area contributed by atoms with Crippen LogP contribution < -0.4 is 9.64 Å². The van der Waals surface area contributed by atoms with Gasteiger partial charge in [0.05, 0.1) is 22.5 Å². The number of carbonyl (C=O) groups is 2. The average Bonchev–Trinajstić information content (AvgIpc) is 3.40. The van der Waals surface area contributed by atoms with Crippen molar-refractivity contribution in [3.63, 3.8) is 0 Å². The number of rotatable bonds is 2. The number of anilines is 2. The summed E-state index contributed by atoms with van der Waals surface area (Å²) in [4.78, 5) is 30.5. The molecule has 5 nitrogen and oxygen atoms in total. The highest BCUT2D eigenvalue weighted by atomic mass is 16.5. The molecule has 5 aromatic carbocycles. The zero-order valence-corrected chi connectivity index (χ0v) is 21.1. The Hall–Kier alpha value is -5.16. The van der Waals surface area contributed by atoms with Crippen LogP contribution in [0.3, 0.4) is 0 Å². The van der Waals surface area contributed by atoms with E-state index < -0.39 is 5.54 Å². The minimum Gasteiger partial charge on any atom is -0.453 e. The van der Waals surface area contributed by atoms with Gasteiger partial charge in [-0.15, -0.1) is 0 Å². The first kappa shape index (κ1) is 21.9. The van der Waals surface area contributed by atoms with Gasteiger partial charge in [0.25, 0.3) is 11.8 Å². The molecular weight excluding hydrogens is 484 g/mol. The summed E-state index contributed by atoms with van der Waals surface area (Å²) in [5, 5.41) is 0. The van der Waals surface area contributed by atoms with Crippen LogP contribution in [0, 0.1) is 0 Å². The lowest BCUT2D eigenvalue weighted by Crippen LogP contribution is -2.46. The molecule has 0 radical (unpaired) electrons. The first-order valence-electron chi connectivity index (χ1n) is 12.9. The predicted octanol–water partition coefficient (Wildman–Crippen LogP) is 7.13. The summed E-state index contributed by atoms with van der Waals surface area (Å²) >= 11 is 0. The fourth-order valence-corrected chi connectivity index (χ4v) is 6.63. The first-order chi connectivity index (χ1) is 19.1.